The van der Waals surface area contributed by atoms with Crippen LogP contribution in [0.5, 0.6) is 0 Å². The third kappa shape index (κ3) is 1.24. The molecule has 2 aromatic heterocycles. The van der Waals surface area contributed by atoms with Crippen molar-refractivity contribution in [2.75, 3.05) is 18.5 Å². The third-order valence-corrected chi connectivity index (χ3v) is 2.09. The first-order valence-electron chi connectivity index (χ1n) is 4.23. The molecule has 0 aliphatic carbocycles. The molecule has 0 aromatic carbocycles. The first-order chi connectivity index (χ1) is 6.33. The van der Waals surface area contributed by atoms with E-state index in [9.17, 15) is 0 Å². The molecular weight excluding hydrogens is 166 g/mol. The summed E-state index contributed by atoms with van der Waals surface area (Å²) in [6, 6.07) is 1.81. The number of anilines is 1. The zero-order valence-corrected chi connectivity index (χ0v) is 7.69. The second kappa shape index (κ2) is 3.05. The monoisotopic (exact) mass is 177 g/mol. The number of rotatable bonds is 2. The van der Waals surface area contributed by atoms with Crippen molar-refractivity contribution >= 4 is 16.8 Å². The summed E-state index contributed by atoms with van der Waals surface area (Å²) in [6.07, 6.45) is 3.47. The van der Waals surface area contributed by atoms with Crippen molar-refractivity contribution in [1.29, 1.82) is 0 Å². The lowest BCUT2D eigenvalue weighted by Crippen LogP contribution is -2.16. The lowest BCUT2D eigenvalue weighted by molar-refractivity contribution is 0.456. The van der Waals surface area contributed by atoms with Crippen molar-refractivity contribution < 1.29 is 4.52 Å². The molecule has 4 nitrogen and oxygen atoms in total. The zero-order valence-electron chi connectivity index (χ0n) is 7.69. The second-order valence-electron chi connectivity index (χ2n) is 2.89. The summed E-state index contributed by atoms with van der Waals surface area (Å²) in [4.78, 5) is 6.06. The molecule has 0 spiro atoms. The Morgan fingerprint density at radius 2 is 2.38 bits per heavy atom. The summed E-state index contributed by atoms with van der Waals surface area (Å²) in [6.45, 7) is 2.97. The molecule has 0 radical (unpaired) electrons. The second-order valence-corrected chi connectivity index (χ2v) is 2.89. The van der Waals surface area contributed by atoms with Crippen LogP contribution in [0.3, 0.4) is 0 Å². The normalized spacial score (nSPS) is 10.6. The lowest BCUT2D eigenvalue weighted by atomic mass is 10.3. The van der Waals surface area contributed by atoms with Crippen LogP contribution in [-0.2, 0) is 0 Å². The first kappa shape index (κ1) is 8.04. The van der Waals surface area contributed by atoms with E-state index in [0.717, 1.165) is 23.3 Å². The smallest absolute Gasteiger partial charge is 0.181 e. The maximum atomic E-state index is 5.14. The SMILES string of the molecule is CCN(C)c1noc2ccncc12. The average Bonchev–Trinajstić information content (AvgIpc) is 2.60. The minimum absolute atomic E-state index is 0.783. The number of fused-ring (bicyclic) bond motifs is 1. The van der Waals surface area contributed by atoms with Crippen LogP contribution in [0.1, 0.15) is 6.92 Å². The predicted octanol–water partition coefficient (Wildman–Crippen LogP) is 1.68. The summed E-state index contributed by atoms with van der Waals surface area (Å²) in [5, 5.41) is 4.94. The standard InChI is InChI=1S/C9H11N3O/c1-3-12(2)9-7-6-10-5-4-8(7)13-11-9/h4-6H,3H2,1-2H3. The van der Waals surface area contributed by atoms with Crippen molar-refractivity contribution in [2.45, 2.75) is 6.92 Å². The van der Waals surface area contributed by atoms with Crippen LogP contribution in [0.25, 0.3) is 11.0 Å². The summed E-state index contributed by atoms with van der Waals surface area (Å²) < 4.78 is 5.14. The largest absolute Gasteiger partial charge is 0.357 e. The van der Waals surface area contributed by atoms with E-state index in [4.69, 9.17) is 4.52 Å². The highest BCUT2D eigenvalue weighted by atomic mass is 16.5. The van der Waals surface area contributed by atoms with Gasteiger partial charge in [0.05, 0.1) is 5.39 Å². The van der Waals surface area contributed by atoms with Gasteiger partial charge in [0, 0.05) is 32.1 Å². The van der Waals surface area contributed by atoms with Gasteiger partial charge >= 0.3 is 0 Å². The highest BCUT2D eigenvalue weighted by Crippen LogP contribution is 2.23. The van der Waals surface area contributed by atoms with Gasteiger partial charge < -0.3 is 9.42 Å². The fourth-order valence-electron chi connectivity index (χ4n) is 1.20. The highest BCUT2D eigenvalue weighted by molar-refractivity contribution is 5.87. The molecular formula is C9H11N3O. The number of hydrogen-bond donors (Lipinski definition) is 0. The summed E-state index contributed by atoms with van der Waals surface area (Å²) >= 11 is 0. The minimum Gasteiger partial charge on any atom is -0.357 e. The van der Waals surface area contributed by atoms with Gasteiger partial charge in [0.25, 0.3) is 0 Å². The summed E-state index contributed by atoms with van der Waals surface area (Å²) in [7, 11) is 1.98. The fraction of sp³-hybridized carbons (Fsp3) is 0.333. The Morgan fingerprint density at radius 1 is 1.54 bits per heavy atom. The van der Waals surface area contributed by atoms with Crippen LogP contribution < -0.4 is 4.90 Å². The molecule has 0 saturated carbocycles. The average molecular weight is 177 g/mol. The fourth-order valence-corrected chi connectivity index (χ4v) is 1.20. The van der Waals surface area contributed by atoms with Gasteiger partial charge in [-0.2, -0.15) is 0 Å². The molecule has 0 N–H and O–H groups in total. The van der Waals surface area contributed by atoms with E-state index in [2.05, 4.69) is 17.1 Å². The molecule has 0 unspecified atom stereocenters. The predicted molar refractivity (Wildman–Crippen MR) is 50.7 cm³/mol. The van der Waals surface area contributed by atoms with E-state index in [0.29, 0.717) is 0 Å². The lowest BCUT2D eigenvalue weighted by Gasteiger charge is -2.11. The van der Waals surface area contributed by atoms with Gasteiger partial charge in [-0.1, -0.05) is 5.16 Å². The van der Waals surface area contributed by atoms with Crippen molar-refractivity contribution in [2.24, 2.45) is 0 Å². The van der Waals surface area contributed by atoms with E-state index >= 15 is 0 Å². The molecule has 0 amide bonds. The van der Waals surface area contributed by atoms with Crippen LogP contribution in [-0.4, -0.2) is 23.7 Å². The molecule has 2 heterocycles. The van der Waals surface area contributed by atoms with Crippen molar-refractivity contribution in [3.05, 3.63) is 18.5 Å². The molecule has 2 aromatic rings. The van der Waals surface area contributed by atoms with Gasteiger partial charge in [-0.15, -0.1) is 0 Å². The molecule has 13 heavy (non-hydrogen) atoms. The number of pyridine rings is 1. The minimum atomic E-state index is 0.783. The van der Waals surface area contributed by atoms with E-state index in [-0.39, 0.29) is 0 Å². The van der Waals surface area contributed by atoms with Gasteiger partial charge in [-0.3, -0.25) is 4.98 Å². The Bertz CT molecular complexity index is 410. The molecule has 0 aliphatic rings. The molecule has 0 saturated heterocycles. The molecule has 68 valence electrons. The van der Waals surface area contributed by atoms with E-state index in [1.54, 1.807) is 12.4 Å². The number of hydrogen-bond acceptors (Lipinski definition) is 4. The summed E-state index contributed by atoms with van der Waals surface area (Å²) in [5.41, 5.74) is 0.783. The van der Waals surface area contributed by atoms with Gasteiger partial charge in [0.15, 0.2) is 11.4 Å². The molecule has 2 rings (SSSR count). The van der Waals surface area contributed by atoms with Crippen LogP contribution in [0.15, 0.2) is 23.0 Å². The van der Waals surface area contributed by atoms with Crippen LogP contribution >= 0.6 is 0 Å². The van der Waals surface area contributed by atoms with Crippen molar-refractivity contribution in [1.82, 2.24) is 10.1 Å². The van der Waals surface area contributed by atoms with Crippen LogP contribution in [0, 0.1) is 0 Å². The molecule has 0 atom stereocenters. The Labute approximate surface area is 76.2 Å². The van der Waals surface area contributed by atoms with Gasteiger partial charge in [-0.05, 0) is 6.92 Å². The van der Waals surface area contributed by atoms with Crippen LogP contribution in [0.4, 0.5) is 5.82 Å². The Hall–Kier alpha value is -1.58. The van der Waals surface area contributed by atoms with Gasteiger partial charge in [0.2, 0.25) is 0 Å². The Balaban J connectivity index is 2.57. The van der Waals surface area contributed by atoms with Crippen LogP contribution in [0.2, 0.25) is 0 Å². The van der Waals surface area contributed by atoms with Crippen molar-refractivity contribution in [3.63, 3.8) is 0 Å². The van der Waals surface area contributed by atoms with E-state index in [1.807, 2.05) is 18.0 Å². The van der Waals surface area contributed by atoms with E-state index in [1.165, 1.54) is 0 Å². The molecule has 0 fully saturated rings. The molecule has 0 aliphatic heterocycles. The van der Waals surface area contributed by atoms with E-state index < -0.39 is 0 Å². The zero-order chi connectivity index (χ0) is 9.26. The highest BCUT2D eigenvalue weighted by Gasteiger charge is 2.09. The first-order valence-corrected chi connectivity index (χ1v) is 4.23. The molecule has 0 bridgehead atoms. The van der Waals surface area contributed by atoms with Gasteiger partial charge in [0.1, 0.15) is 0 Å². The number of aromatic nitrogens is 2. The Morgan fingerprint density at radius 3 is 3.15 bits per heavy atom. The maximum Gasteiger partial charge on any atom is 0.181 e. The quantitative estimate of drug-likeness (QED) is 0.699. The molecule has 4 heteroatoms. The third-order valence-electron chi connectivity index (χ3n) is 2.09. The number of nitrogens with zero attached hydrogens (tertiary/aromatic N) is 3. The van der Waals surface area contributed by atoms with Gasteiger partial charge in [-0.25, -0.2) is 0 Å². The topological polar surface area (TPSA) is 42.2 Å². The summed E-state index contributed by atoms with van der Waals surface area (Å²) in [5.74, 6) is 0.852. The maximum absolute atomic E-state index is 5.14. The Kier molecular flexibility index (Phi) is 1.88. The van der Waals surface area contributed by atoms with Crippen molar-refractivity contribution in [3.8, 4) is 0 Å².